The Labute approximate surface area is 575 Å². The van der Waals surface area contributed by atoms with Gasteiger partial charge in [0.2, 0.25) is 5.91 Å². The second kappa shape index (κ2) is 39.2. The average molecular weight is 1350 g/mol. The van der Waals surface area contributed by atoms with Crippen molar-refractivity contribution in [2.45, 2.75) is 197 Å². The SMILES string of the molecule is CC(CCOCCOCCOCCCC(=O)CCC12c3cc(CC(=O)CCCCCCCN)ccc3C(c3ccc(CC(=O)CCCCCCCN)cc31)c1ccc(NC(=O)CCCCCCCN)cc12)C(=O)[C@@H]1C[C@H](N=[N+]=[N-])CN1C(=O)COc1ccc2c(=O)oc(=O)n(C)c2c1. The number of nitrogens with one attached hydrogen (secondary N) is 1. The number of Topliss-reactive ketones (excluding diaryl/α,β-unsaturated/α-hetero) is 4. The predicted octanol–water partition coefficient (Wildman–Crippen LogP) is 10.8. The number of ketones is 4. The van der Waals surface area contributed by atoms with E-state index >= 15 is 0 Å². The first-order chi connectivity index (χ1) is 47.6. The Balaban J connectivity index is 0.856. The van der Waals surface area contributed by atoms with Crippen molar-refractivity contribution in [1.29, 1.82) is 0 Å². The predicted molar refractivity (Wildman–Crippen MR) is 377 cm³/mol. The van der Waals surface area contributed by atoms with Crippen LogP contribution in [0.4, 0.5) is 5.69 Å². The quantitative estimate of drug-likeness (QED) is 0.0122. The highest BCUT2D eigenvalue weighted by atomic mass is 16.5. The molecular weight excluding hydrogens is 1250 g/mol. The van der Waals surface area contributed by atoms with Crippen LogP contribution in [-0.4, -0.2) is 129 Å². The zero-order valence-electron chi connectivity index (χ0n) is 57.7. The summed E-state index contributed by atoms with van der Waals surface area (Å²) in [5.74, 6) is -1.54. The van der Waals surface area contributed by atoms with Gasteiger partial charge in [-0.25, -0.2) is 9.59 Å². The number of nitrogens with two attached hydrogens (primary N) is 3. The largest absolute Gasteiger partial charge is 0.484 e. The molecule has 2 amide bonds. The Morgan fingerprint density at radius 1 is 0.633 bits per heavy atom. The van der Waals surface area contributed by atoms with E-state index in [1.807, 2.05) is 6.07 Å². The first-order valence-corrected chi connectivity index (χ1v) is 35.8. The van der Waals surface area contributed by atoms with Gasteiger partial charge in [0, 0.05) is 106 Å². The summed E-state index contributed by atoms with van der Waals surface area (Å²) in [6, 6.07) is 22.1. The molecule has 5 aromatic rings. The fraction of sp³-hybridized carbons (Fsp3) is 0.579. The van der Waals surface area contributed by atoms with Crippen molar-refractivity contribution < 1.29 is 52.1 Å². The molecule has 1 aromatic heterocycles. The number of hydrogen-bond donors (Lipinski definition) is 4. The van der Waals surface area contributed by atoms with Gasteiger partial charge in [0.15, 0.2) is 12.4 Å². The molecule has 22 heteroatoms. The highest BCUT2D eigenvalue weighted by molar-refractivity contribution is 5.93. The number of benzene rings is 4. The highest BCUT2D eigenvalue weighted by Gasteiger charge is 2.52. The number of fused-ring (bicyclic) bond motifs is 1. The number of nitrogens with zero attached hydrogens (tertiary/aromatic N) is 5. The average Bonchev–Trinajstić information content (AvgIpc) is 0.740. The van der Waals surface area contributed by atoms with Crippen LogP contribution in [-0.2, 0) is 68.3 Å². The van der Waals surface area contributed by atoms with Gasteiger partial charge in [-0.15, -0.1) is 0 Å². The number of carbonyl (C=O) groups is 6. The molecule has 9 rings (SSSR count). The molecule has 2 heterocycles. The van der Waals surface area contributed by atoms with E-state index in [2.05, 4.69) is 63.9 Å². The number of carbonyl (C=O) groups excluding carboxylic acids is 6. The number of aromatic nitrogens is 1. The number of anilines is 1. The van der Waals surface area contributed by atoms with E-state index in [4.69, 9.17) is 40.6 Å². The number of amides is 2. The fourth-order valence-corrected chi connectivity index (χ4v) is 14.3. The molecule has 0 radical (unpaired) electrons. The lowest BCUT2D eigenvalue weighted by Crippen LogP contribution is -2.44. The van der Waals surface area contributed by atoms with Crippen LogP contribution in [0.25, 0.3) is 21.3 Å². The van der Waals surface area contributed by atoms with Crippen molar-refractivity contribution in [2.24, 2.45) is 35.3 Å². The molecule has 1 unspecified atom stereocenters. The minimum absolute atomic E-state index is 0.0404. The van der Waals surface area contributed by atoms with E-state index in [1.165, 1.54) is 30.1 Å². The Hall–Kier alpha value is -7.69. The minimum atomic E-state index is -0.849. The van der Waals surface area contributed by atoms with Crippen molar-refractivity contribution in [1.82, 2.24) is 9.47 Å². The highest BCUT2D eigenvalue weighted by Crippen LogP contribution is 2.61. The first kappa shape index (κ1) is 76.1. The lowest BCUT2D eigenvalue weighted by molar-refractivity contribution is -0.140. The Kier molecular flexibility index (Phi) is 30.4. The maximum Gasteiger partial charge on any atom is 0.422 e. The van der Waals surface area contributed by atoms with Crippen molar-refractivity contribution >= 4 is 51.5 Å². The minimum Gasteiger partial charge on any atom is -0.484 e. The molecule has 4 aromatic carbocycles. The third-order valence-electron chi connectivity index (χ3n) is 19.6. The molecule has 3 aliphatic carbocycles. The molecule has 3 atom stereocenters. The van der Waals surface area contributed by atoms with Gasteiger partial charge in [-0.05, 0) is 158 Å². The number of aryl methyl sites for hydroxylation is 1. The molecule has 1 aliphatic heterocycles. The molecule has 2 bridgehead atoms. The molecule has 4 aliphatic rings. The van der Waals surface area contributed by atoms with Crippen LogP contribution in [0, 0.1) is 5.92 Å². The van der Waals surface area contributed by atoms with Crippen molar-refractivity contribution in [3.63, 3.8) is 0 Å². The maximum atomic E-state index is 14.4. The van der Waals surface area contributed by atoms with E-state index in [0.29, 0.717) is 103 Å². The van der Waals surface area contributed by atoms with E-state index < -0.39 is 47.3 Å². The smallest absolute Gasteiger partial charge is 0.422 e. The number of unbranched alkanes of at least 4 members (excludes halogenated alkanes) is 12. The topological polar surface area (TPSA) is 334 Å². The first-order valence-electron chi connectivity index (χ1n) is 35.8. The molecule has 0 saturated carbocycles. The summed E-state index contributed by atoms with van der Waals surface area (Å²) < 4.78 is 29.2. The van der Waals surface area contributed by atoms with Crippen LogP contribution in [0.15, 0.2) is 91.9 Å². The molecule has 22 nitrogen and oxygen atoms in total. The summed E-state index contributed by atoms with van der Waals surface area (Å²) in [5.41, 5.74) is 34.0. The van der Waals surface area contributed by atoms with Crippen LogP contribution in [0.2, 0.25) is 0 Å². The van der Waals surface area contributed by atoms with Crippen LogP contribution in [0.1, 0.15) is 211 Å². The molecule has 530 valence electrons. The van der Waals surface area contributed by atoms with Crippen LogP contribution in [0.5, 0.6) is 5.75 Å². The van der Waals surface area contributed by atoms with Crippen LogP contribution in [0.3, 0.4) is 0 Å². The lowest BCUT2D eigenvalue weighted by Gasteiger charge is -2.51. The Morgan fingerprint density at radius 2 is 1.16 bits per heavy atom. The van der Waals surface area contributed by atoms with Gasteiger partial charge < -0.3 is 50.8 Å². The van der Waals surface area contributed by atoms with E-state index in [9.17, 15) is 43.9 Å². The maximum absolute atomic E-state index is 14.4. The molecule has 0 spiro atoms. The lowest BCUT2D eigenvalue weighted by atomic mass is 9.51. The summed E-state index contributed by atoms with van der Waals surface area (Å²) in [6.45, 7) is 5.14. The fourth-order valence-electron chi connectivity index (χ4n) is 14.3. The zero-order chi connectivity index (χ0) is 69.8. The molecule has 1 saturated heterocycles. The summed E-state index contributed by atoms with van der Waals surface area (Å²) >= 11 is 0. The van der Waals surface area contributed by atoms with Gasteiger partial charge >= 0.3 is 11.4 Å². The molecular formula is C76H103N9O13. The summed E-state index contributed by atoms with van der Waals surface area (Å²) in [6.07, 6.45) is 18.6. The third kappa shape index (κ3) is 20.9. The van der Waals surface area contributed by atoms with E-state index in [-0.39, 0.29) is 90.8 Å². The number of rotatable bonds is 48. The second-order valence-electron chi connectivity index (χ2n) is 26.8. The standard InChI is InChI=1S/C76H103N9O13/c1-52(73(91)69-48-56(82-83-80)50-85(69)71(90)51-97-60-26-30-64-68(49-60)84(2)75(93)98-74(64)92)32-38-95-40-42-96-41-39-94-37-18-21-57(86)31-33-76-65-45-53(43-58(87)19-12-6-3-9-15-34-77)23-27-61(65)72(62-28-24-54(46-66(62)76)44-59(88)20-13-7-4-10-16-35-78)63-29-25-55(47-67(63)76)81-70(89)22-14-8-5-11-17-36-79/h23-30,45-47,49,52,56,69,72H,3-22,31-44,48,50-51,77-79H2,1-2H3,(H,81,89)/t52?,56-,69-,72?,76?/m0/s1. The number of ether oxygens (including phenoxy) is 4. The number of hydrogen-bond acceptors (Lipinski definition) is 17. The second-order valence-corrected chi connectivity index (χ2v) is 26.8. The van der Waals surface area contributed by atoms with Gasteiger partial charge in [0.05, 0.1) is 49.4 Å². The molecule has 1 fully saturated rings. The summed E-state index contributed by atoms with van der Waals surface area (Å²) in [7, 11) is 1.44. The van der Waals surface area contributed by atoms with Gasteiger partial charge in [-0.1, -0.05) is 112 Å². The van der Waals surface area contributed by atoms with E-state index in [0.717, 1.165) is 145 Å². The molecule has 98 heavy (non-hydrogen) atoms. The summed E-state index contributed by atoms with van der Waals surface area (Å²) in [4.78, 5) is 111. The van der Waals surface area contributed by atoms with Crippen molar-refractivity contribution in [3.05, 3.63) is 149 Å². The van der Waals surface area contributed by atoms with Gasteiger partial charge in [-0.3, -0.25) is 33.3 Å². The van der Waals surface area contributed by atoms with Crippen molar-refractivity contribution in [3.8, 4) is 5.75 Å². The van der Waals surface area contributed by atoms with Gasteiger partial charge in [0.1, 0.15) is 23.1 Å². The van der Waals surface area contributed by atoms with Crippen LogP contribution < -0.4 is 38.6 Å². The van der Waals surface area contributed by atoms with Crippen molar-refractivity contribution in [2.75, 3.05) is 77.7 Å². The number of azide groups is 1. The monoisotopic (exact) mass is 1350 g/mol. The summed E-state index contributed by atoms with van der Waals surface area (Å²) in [5, 5.41) is 7.19. The normalized spacial score (nSPS) is 16.9. The number of likely N-dealkylation sites (tertiary alicyclic amines) is 1. The van der Waals surface area contributed by atoms with E-state index in [1.54, 1.807) is 6.92 Å². The van der Waals surface area contributed by atoms with Gasteiger partial charge in [0.25, 0.3) is 5.91 Å². The van der Waals surface area contributed by atoms with Crippen LogP contribution >= 0.6 is 0 Å². The Bertz CT molecular complexity index is 3490. The zero-order valence-corrected chi connectivity index (χ0v) is 57.7. The third-order valence-corrected chi connectivity index (χ3v) is 19.6. The Morgan fingerprint density at radius 3 is 1.76 bits per heavy atom. The van der Waals surface area contributed by atoms with Gasteiger partial charge in [-0.2, -0.15) is 0 Å². The molecule has 7 N–H and O–H groups in total.